The molecule has 13 nitrogen and oxygen atoms in total. The summed E-state index contributed by atoms with van der Waals surface area (Å²) in [6.45, 7) is 15.5. The van der Waals surface area contributed by atoms with Gasteiger partial charge in [-0.2, -0.15) is 4.99 Å². The number of halogens is 1. The van der Waals surface area contributed by atoms with E-state index in [0.717, 1.165) is 26.6 Å². The molecule has 1 aliphatic heterocycles. The Labute approximate surface area is 366 Å². The molecule has 1 aliphatic rings. The molecule has 0 amide bonds. The van der Waals surface area contributed by atoms with Crippen molar-refractivity contribution in [2.75, 3.05) is 59.0 Å². The molecule has 5 aromatic rings. The van der Waals surface area contributed by atoms with Crippen molar-refractivity contribution in [1.29, 1.82) is 0 Å². The Hall–Kier alpha value is -4.54. The number of ether oxygens (including phenoxy) is 5. The lowest BCUT2D eigenvalue weighted by Gasteiger charge is -2.23. The van der Waals surface area contributed by atoms with E-state index in [1.807, 2.05) is 62.9 Å². The van der Waals surface area contributed by atoms with Gasteiger partial charge in [0.05, 0.1) is 43.2 Å². The van der Waals surface area contributed by atoms with Crippen LogP contribution in [0.1, 0.15) is 53.2 Å². The predicted molar refractivity (Wildman–Crippen MR) is 242 cm³/mol. The van der Waals surface area contributed by atoms with E-state index >= 15 is 0 Å². The average Bonchev–Trinajstić information content (AvgIpc) is 3.90. The molecule has 0 saturated carbocycles. The lowest BCUT2D eigenvalue weighted by molar-refractivity contribution is -0.138. The van der Waals surface area contributed by atoms with Crippen LogP contribution in [0.4, 0.5) is 21.2 Å². The first-order valence-corrected chi connectivity index (χ1v) is 25.7. The minimum atomic E-state index is -1.25. The van der Waals surface area contributed by atoms with Gasteiger partial charge in [0.2, 0.25) is 0 Å². The average molecular weight is 890 g/mol. The summed E-state index contributed by atoms with van der Waals surface area (Å²) >= 11 is 2.94. The van der Waals surface area contributed by atoms with Crippen LogP contribution < -0.4 is 14.4 Å². The molecule has 0 N–H and O–H groups in total. The Morgan fingerprint density at radius 1 is 1.11 bits per heavy atom. The van der Waals surface area contributed by atoms with Crippen molar-refractivity contribution in [3.63, 3.8) is 0 Å². The number of carbonyl (C=O) groups excluding carboxylic acids is 1. The number of thiazole rings is 2. The van der Waals surface area contributed by atoms with E-state index in [0.29, 0.717) is 79.5 Å². The first-order valence-electron chi connectivity index (χ1n) is 20.4. The molecule has 0 spiro atoms. The topological polar surface area (TPSA) is 126 Å². The molecule has 1 atom stereocenters. The van der Waals surface area contributed by atoms with Crippen LogP contribution in [0.5, 0.6) is 5.75 Å². The zero-order chi connectivity index (χ0) is 43.7. The number of methoxy groups -OCH3 is 1. The van der Waals surface area contributed by atoms with Gasteiger partial charge in [-0.3, -0.25) is 9.47 Å². The number of aromatic nitrogens is 4. The van der Waals surface area contributed by atoms with Crippen molar-refractivity contribution in [3.05, 3.63) is 80.8 Å². The monoisotopic (exact) mass is 889 g/mol. The smallest absolute Gasteiger partial charge is 0.357 e. The highest BCUT2D eigenvalue weighted by Crippen LogP contribution is 2.35. The number of fused-ring (bicyclic) bond motifs is 1. The molecular weight excluding hydrogens is 834 g/mol. The zero-order valence-electron chi connectivity index (χ0n) is 36.5. The fraction of sp³-hybridized carbons (Fsp3) is 0.477. The van der Waals surface area contributed by atoms with E-state index in [1.165, 1.54) is 24.5 Å². The van der Waals surface area contributed by atoms with Gasteiger partial charge in [-0.05, 0) is 102 Å². The van der Waals surface area contributed by atoms with Crippen molar-refractivity contribution in [1.82, 2.24) is 24.6 Å². The number of para-hydroxylation sites is 1. The highest BCUT2D eigenvalue weighted by molar-refractivity contribution is 7.16. The minimum Gasteiger partial charge on any atom is -0.491 e. The number of carbonyl (C=O) groups is 1. The van der Waals surface area contributed by atoms with Crippen molar-refractivity contribution in [3.8, 4) is 17.6 Å². The van der Waals surface area contributed by atoms with Crippen LogP contribution in [-0.4, -0.2) is 105 Å². The zero-order valence-corrected chi connectivity index (χ0v) is 39.2. The van der Waals surface area contributed by atoms with E-state index < -0.39 is 25.6 Å². The molecule has 1 saturated heterocycles. The van der Waals surface area contributed by atoms with E-state index in [9.17, 15) is 9.18 Å². The molecule has 1 fully saturated rings. The van der Waals surface area contributed by atoms with Gasteiger partial charge in [-0.25, -0.2) is 14.2 Å². The molecule has 61 heavy (non-hydrogen) atoms. The Kier molecular flexibility index (Phi) is 15.5. The second-order valence-corrected chi connectivity index (χ2v) is 24.4. The van der Waals surface area contributed by atoms with E-state index in [2.05, 4.69) is 58.4 Å². The van der Waals surface area contributed by atoms with Gasteiger partial charge in [0, 0.05) is 31.7 Å². The van der Waals surface area contributed by atoms with Crippen molar-refractivity contribution in [2.45, 2.75) is 84.3 Å². The molecule has 326 valence electrons. The second-order valence-electron chi connectivity index (χ2n) is 16.7. The highest BCUT2D eigenvalue weighted by atomic mass is 32.1. The van der Waals surface area contributed by atoms with Crippen LogP contribution in [0.15, 0.2) is 53.5 Å². The minimum absolute atomic E-state index is 0.140. The maximum atomic E-state index is 14.9. The quantitative estimate of drug-likeness (QED) is 0.0365. The van der Waals surface area contributed by atoms with Crippen molar-refractivity contribution >= 4 is 63.7 Å². The lowest BCUT2D eigenvalue weighted by atomic mass is 10.2. The third-order valence-electron chi connectivity index (χ3n) is 9.63. The number of benzene rings is 2. The molecular formula is C44H56FN7O6S2Si. The van der Waals surface area contributed by atoms with Gasteiger partial charge < -0.3 is 28.6 Å². The first-order chi connectivity index (χ1) is 29.1. The number of hydrogen-bond acceptors (Lipinski definition) is 14. The van der Waals surface area contributed by atoms with Crippen LogP contribution in [0.2, 0.25) is 25.7 Å². The molecule has 0 radical (unpaired) electrons. The molecule has 2 aromatic carbocycles. The van der Waals surface area contributed by atoms with Crippen molar-refractivity contribution in [2.24, 2.45) is 4.99 Å². The molecule has 1 unspecified atom stereocenters. The molecule has 6 rings (SSSR count). The van der Waals surface area contributed by atoms with E-state index in [1.54, 1.807) is 23.5 Å². The van der Waals surface area contributed by atoms with Crippen LogP contribution in [0, 0.1) is 24.6 Å². The van der Waals surface area contributed by atoms with Gasteiger partial charge >= 0.3 is 5.97 Å². The summed E-state index contributed by atoms with van der Waals surface area (Å²) in [6, 6.07) is 15.9. The summed E-state index contributed by atoms with van der Waals surface area (Å²) in [6.07, 6.45) is 1.37. The normalized spacial score (nSPS) is 15.3. The Morgan fingerprint density at radius 3 is 2.62 bits per heavy atom. The Morgan fingerprint density at radius 2 is 1.92 bits per heavy atom. The summed E-state index contributed by atoms with van der Waals surface area (Å²) < 4.78 is 47.2. The molecule has 17 heteroatoms. The standard InChI is InChI=1S/C44H56FN7O6S2Si/c1-30-26-38(48-49-40(30)47-43-52(29-55-24-25-61(7,8)9)34-15-10-11-16-36(34)59-43)51(22-20-32-28-57-44(2,3)58-32)42-46-39(41(53)54-6)37(60-42)17-13-23-56-35-19-18-31(27-33(35)45)14-12-21-50(4)5/h10-11,15-16,18-19,26-27,32H,13,17,20-25,28-29H2,1-9H3. The van der Waals surface area contributed by atoms with Crippen LogP contribution in [-0.2, 0) is 32.1 Å². The largest absolute Gasteiger partial charge is 0.491 e. The predicted octanol–water partition coefficient (Wildman–Crippen LogP) is 8.33. The number of anilines is 2. The fourth-order valence-electron chi connectivity index (χ4n) is 6.34. The van der Waals surface area contributed by atoms with E-state index in [4.69, 9.17) is 33.7 Å². The number of nitrogens with zero attached hydrogens (tertiary/aromatic N) is 7. The number of aryl methyl sites for hydroxylation is 2. The summed E-state index contributed by atoms with van der Waals surface area (Å²) in [4.78, 5) is 28.3. The molecule has 3 aromatic heterocycles. The fourth-order valence-corrected chi connectivity index (χ4v) is 9.24. The first kappa shape index (κ1) is 46.0. The summed E-state index contributed by atoms with van der Waals surface area (Å²) in [5.41, 5.74) is 2.64. The van der Waals surface area contributed by atoms with Gasteiger partial charge in [-0.1, -0.05) is 55.0 Å². The highest BCUT2D eigenvalue weighted by Gasteiger charge is 2.33. The molecule has 0 aliphatic carbocycles. The summed E-state index contributed by atoms with van der Waals surface area (Å²) in [5, 5.41) is 9.87. The van der Waals surface area contributed by atoms with Crippen molar-refractivity contribution < 1.29 is 32.9 Å². The van der Waals surface area contributed by atoms with Crippen LogP contribution in [0.3, 0.4) is 0 Å². The second kappa shape index (κ2) is 20.6. The van der Waals surface area contributed by atoms with Crippen LogP contribution >= 0.6 is 22.7 Å². The van der Waals surface area contributed by atoms with Gasteiger partial charge in [0.25, 0.3) is 0 Å². The van der Waals surface area contributed by atoms with E-state index in [-0.39, 0.29) is 24.2 Å². The van der Waals surface area contributed by atoms with Gasteiger partial charge in [-0.15, -0.1) is 21.5 Å². The van der Waals surface area contributed by atoms with Crippen LogP contribution in [0.25, 0.3) is 10.2 Å². The number of hydrogen-bond donors (Lipinski definition) is 0. The number of esters is 1. The third kappa shape index (κ3) is 12.8. The summed E-state index contributed by atoms with van der Waals surface area (Å²) in [7, 11) is 3.93. The lowest BCUT2D eigenvalue weighted by Crippen LogP contribution is -2.26. The summed E-state index contributed by atoms with van der Waals surface area (Å²) in [5.74, 6) is 5.42. The number of rotatable bonds is 18. The van der Waals surface area contributed by atoms with Gasteiger partial charge in [0.15, 0.2) is 44.6 Å². The molecule has 4 heterocycles. The Balaban J connectivity index is 1.24. The molecule has 0 bridgehead atoms. The van der Waals surface area contributed by atoms with Gasteiger partial charge in [0.1, 0.15) is 6.73 Å². The SMILES string of the molecule is COC(=O)c1nc(N(CCC2COC(C)(C)O2)c2cc(C)c(N=c3sc4ccccc4n3COCC[Si](C)(C)C)nn2)sc1CCCOc1ccc(C#CCN(C)C)cc1F. The maximum absolute atomic E-state index is 14.9. The maximum Gasteiger partial charge on any atom is 0.357 e. The third-order valence-corrected chi connectivity index (χ3v) is 13.5. The Bertz CT molecular complexity index is 2430.